The van der Waals surface area contributed by atoms with Crippen molar-refractivity contribution in [1.29, 1.82) is 0 Å². The lowest BCUT2D eigenvalue weighted by atomic mass is 10.2. The van der Waals surface area contributed by atoms with Gasteiger partial charge in [0.15, 0.2) is 5.79 Å². The highest BCUT2D eigenvalue weighted by Crippen LogP contribution is 2.26. The maximum Gasteiger partial charge on any atom is 0.319 e. The van der Waals surface area contributed by atoms with E-state index in [4.69, 9.17) is 21.1 Å². The van der Waals surface area contributed by atoms with Crippen molar-refractivity contribution < 1.29 is 19.2 Å². The SMILES string of the molecule is CC1(C)OCC(CNC(=O)c2ccnc(Cl)c2[N+](=O)[O-])O1. The van der Waals surface area contributed by atoms with Gasteiger partial charge in [-0.25, -0.2) is 4.98 Å². The maximum absolute atomic E-state index is 12.0. The number of rotatable bonds is 4. The minimum absolute atomic E-state index is 0.141. The summed E-state index contributed by atoms with van der Waals surface area (Å²) in [6, 6.07) is 1.25. The normalized spacial score (nSPS) is 20.2. The lowest BCUT2D eigenvalue weighted by Gasteiger charge is -2.17. The van der Waals surface area contributed by atoms with Crippen LogP contribution in [0, 0.1) is 10.1 Å². The number of ether oxygens (including phenoxy) is 2. The van der Waals surface area contributed by atoms with Crippen molar-refractivity contribution in [2.24, 2.45) is 0 Å². The Morgan fingerprint density at radius 2 is 2.38 bits per heavy atom. The van der Waals surface area contributed by atoms with Crippen LogP contribution in [-0.4, -0.2) is 40.9 Å². The summed E-state index contributed by atoms with van der Waals surface area (Å²) >= 11 is 5.66. The van der Waals surface area contributed by atoms with Crippen LogP contribution in [0.25, 0.3) is 0 Å². The van der Waals surface area contributed by atoms with Crippen LogP contribution in [0.2, 0.25) is 5.15 Å². The van der Waals surface area contributed by atoms with E-state index in [0.29, 0.717) is 6.61 Å². The molecule has 1 saturated heterocycles. The summed E-state index contributed by atoms with van der Waals surface area (Å²) < 4.78 is 10.9. The predicted molar refractivity (Wildman–Crippen MR) is 73.1 cm³/mol. The molecule has 1 amide bonds. The fourth-order valence-electron chi connectivity index (χ4n) is 1.95. The highest BCUT2D eigenvalue weighted by molar-refractivity contribution is 6.32. The van der Waals surface area contributed by atoms with Gasteiger partial charge in [-0.3, -0.25) is 14.9 Å². The average molecular weight is 316 g/mol. The van der Waals surface area contributed by atoms with E-state index in [1.54, 1.807) is 13.8 Å². The molecule has 0 bridgehead atoms. The van der Waals surface area contributed by atoms with Crippen LogP contribution in [0.5, 0.6) is 0 Å². The third-order valence-electron chi connectivity index (χ3n) is 2.86. The van der Waals surface area contributed by atoms with Crippen molar-refractivity contribution in [2.75, 3.05) is 13.2 Å². The Balaban J connectivity index is 2.05. The van der Waals surface area contributed by atoms with E-state index in [0.717, 1.165) is 0 Å². The molecule has 2 rings (SSSR count). The Hall–Kier alpha value is -1.77. The van der Waals surface area contributed by atoms with Gasteiger partial charge in [-0.05, 0) is 19.9 Å². The first kappa shape index (κ1) is 15.6. The van der Waals surface area contributed by atoms with E-state index in [9.17, 15) is 14.9 Å². The molecule has 1 aliphatic heterocycles. The zero-order valence-corrected chi connectivity index (χ0v) is 12.2. The number of hydrogen-bond donors (Lipinski definition) is 1. The molecule has 1 atom stereocenters. The third kappa shape index (κ3) is 3.66. The van der Waals surface area contributed by atoms with Crippen molar-refractivity contribution in [1.82, 2.24) is 10.3 Å². The smallest absolute Gasteiger partial charge is 0.319 e. The maximum atomic E-state index is 12.0. The summed E-state index contributed by atoms with van der Waals surface area (Å²) in [6.45, 7) is 4.05. The molecule has 8 nitrogen and oxygen atoms in total. The van der Waals surface area contributed by atoms with Crippen LogP contribution in [-0.2, 0) is 9.47 Å². The molecule has 0 aliphatic carbocycles. The highest BCUT2D eigenvalue weighted by Gasteiger charge is 2.33. The number of hydrogen-bond acceptors (Lipinski definition) is 6. The molecule has 1 aromatic rings. The van der Waals surface area contributed by atoms with Crippen molar-refractivity contribution in [2.45, 2.75) is 25.7 Å². The molecule has 0 aromatic carbocycles. The summed E-state index contributed by atoms with van der Waals surface area (Å²) in [5.74, 6) is -1.30. The zero-order valence-electron chi connectivity index (χ0n) is 11.5. The Morgan fingerprint density at radius 3 is 2.95 bits per heavy atom. The van der Waals surface area contributed by atoms with Gasteiger partial charge in [0, 0.05) is 12.7 Å². The van der Waals surface area contributed by atoms with Gasteiger partial charge in [0.05, 0.1) is 11.5 Å². The Morgan fingerprint density at radius 1 is 1.67 bits per heavy atom. The number of carbonyl (C=O) groups excluding carboxylic acids is 1. The van der Waals surface area contributed by atoms with Gasteiger partial charge in [0.2, 0.25) is 5.15 Å². The number of pyridine rings is 1. The van der Waals surface area contributed by atoms with Gasteiger partial charge in [0.25, 0.3) is 5.91 Å². The summed E-state index contributed by atoms with van der Waals surface area (Å²) in [5.41, 5.74) is -0.654. The number of aromatic nitrogens is 1. The number of nitrogens with zero attached hydrogens (tertiary/aromatic N) is 2. The van der Waals surface area contributed by atoms with Crippen LogP contribution in [0.4, 0.5) is 5.69 Å². The first-order valence-corrected chi connectivity index (χ1v) is 6.57. The molecule has 114 valence electrons. The van der Waals surface area contributed by atoms with Gasteiger partial charge in [-0.1, -0.05) is 11.6 Å². The second-order valence-electron chi connectivity index (χ2n) is 4.92. The first-order chi connectivity index (χ1) is 9.80. The quantitative estimate of drug-likeness (QED) is 0.513. The van der Waals surface area contributed by atoms with E-state index in [1.807, 2.05) is 0 Å². The van der Waals surface area contributed by atoms with E-state index >= 15 is 0 Å². The van der Waals surface area contributed by atoms with E-state index < -0.39 is 22.3 Å². The number of halogens is 1. The molecule has 1 unspecified atom stereocenters. The number of amides is 1. The molecule has 0 saturated carbocycles. The van der Waals surface area contributed by atoms with Crippen molar-refractivity contribution in [3.05, 3.63) is 33.1 Å². The molecular weight excluding hydrogens is 302 g/mol. The van der Waals surface area contributed by atoms with Crippen molar-refractivity contribution in [3.8, 4) is 0 Å². The summed E-state index contributed by atoms with van der Waals surface area (Å²) in [5, 5.41) is 13.2. The average Bonchev–Trinajstić information content (AvgIpc) is 2.74. The summed E-state index contributed by atoms with van der Waals surface area (Å²) in [4.78, 5) is 25.9. The van der Waals surface area contributed by atoms with Crippen LogP contribution in [0.3, 0.4) is 0 Å². The van der Waals surface area contributed by atoms with Crippen molar-refractivity contribution in [3.63, 3.8) is 0 Å². The van der Waals surface area contributed by atoms with Gasteiger partial charge in [-0.15, -0.1) is 0 Å². The predicted octanol–water partition coefficient (Wildman–Crippen LogP) is 1.52. The Labute approximate surface area is 125 Å². The van der Waals surface area contributed by atoms with Crippen molar-refractivity contribution >= 4 is 23.2 Å². The molecule has 1 fully saturated rings. The molecule has 1 N–H and O–H groups in total. The third-order valence-corrected chi connectivity index (χ3v) is 3.14. The Kier molecular flexibility index (Phi) is 4.40. The van der Waals surface area contributed by atoms with Crippen LogP contribution in [0.1, 0.15) is 24.2 Å². The fourth-order valence-corrected chi connectivity index (χ4v) is 2.18. The molecular formula is C12H14ClN3O5. The number of nitro groups is 1. The fraction of sp³-hybridized carbons (Fsp3) is 0.500. The monoisotopic (exact) mass is 315 g/mol. The second kappa shape index (κ2) is 5.92. The minimum atomic E-state index is -0.734. The van der Waals surface area contributed by atoms with E-state index in [1.165, 1.54) is 12.3 Å². The van der Waals surface area contributed by atoms with Gasteiger partial charge >= 0.3 is 5.69 Å². The van der Waals surface area contributed by atoms with Crippen LogP contribution < -0.4 is 5.32 Å². The number of carbonyl (C=O) groups is 1. The Bertz CT molecular complexity index is 578. The topological polar surface area (TPSA) is 104 Å². The van der Waals surface area contributed by atoms with Gasteiger partial charge in [-0.2, -0.15) is 0 Å². The lowest BCUT2D eigenvalue weighted by molar-refractivity contribution is -0.385. The van der Waals surface area contributed by atoms with Crippen LogP contribution >= 0.6 is 11.6 Å². The van der Waals surface area contributed by atoms with Gasteiger partial charge in [0.1, 0.15) is 11.7 Å². The minimum Gasteiger partial charge on any atom is -0.349 e. The second-order valence-corrected chi connectivity index (χ2v) is 5.27. The van der Waals surface area contributed by atoms with E-state index in [-0.39, 0.29) is 23.4 Å². The standard InChI is InChI=1S/C12H14ClN3O5/c1-12(2)20-6-7(21-12)5-15-11(17)8-3-4-14-10(13)9(8)16(18)19/h3-4,7H,5-6H2,1-2H3,(H,15,17). The molecule has 0 spiro atoms. The largest absolute Gasteiger partial charge is 0.349 e. The lowest BCUT2D eigenvalue weighted by Crippen LogP contribution is -2.34. The highest BCUT2D eigenvalue weighted by atomic mass is 35.5. The number of nitrogens with one attached hydrogen (secondary N) is 1. The first-order valence-electron chi connectivity index (χ1n) is 6.19. The molecule has 1 aliphatic rings. The zero-order chi connectivity index (χ0) is 15.6. The molecule has 2 heterocycles. The van der Waals surface area contributed by atoms with Gasteiger partial charge < -0.3 is 14.8 Å². The molecule has 1 aromatic heterocycles. The van der Waals surface area contributed by atoms with E-state index in [2.05, 4.69) is 10.3 Å². The van der Waals surface area contributed by atoms with Crippen LogP contribution in [0.15, 0.2) is 12.3 Å². The summed E-state index contributed by atoms with van der Waals surface area (Å²) in [6.07, 6.45) is 0.933. The molecule has 0 radical (unpaired) electrons. The molecule has 21 heavy (non-hydrogen) atoms. The molecule has 9 heteroatoms. The summed E-state index contributed by atoms with van der Waals surface area (Å²) in [7, 11) is 0.